The first-order valence-electron chi connectivity index (χ1n) is 17.2. The summed E-state index contributed by atoms with van der Waals surface area (Å²) in [4.78, 5) is 42.2. The van der Waals surface area contributed by atoms with Crippen LogP contribution in [0.1, 0.15) is 44.0 Å². The van der Waals surface area contributed by atoms with Gasteiger partial charge in [0.1, 0.15) is 30.0 Å². The number of hydrogen-bond acceptors (Lipinski definition) is 13. The zero-order valence-corrected chi connectivity index (χ0v) is 29.2. The van der Waals surface area contributed by atoms with Crippen LogP contribution in [0.3, 0.4) is 0 Å². The van der Waals surface area contributed by atoms with E-state index in [2.05, 4.69) is 4.90 Å². The molecule has 1 heterocycles. The van der Waals surface area contributed by atoms with Crippen molar-refractivity contribution in [3.63, 3.8) is 0 Å². The largest absolute Gasteiger partial charge is 0.462 e. The molecular formula is C36H49NO12. The molecule has 7 rings (SSSR count). The van der Waals surface area contributed by atoms with Gasteiger partial charge in [-0.15, -0.1) is 0 Å². The third kappa shape index (κ3) is 4.21. The molecule has 270 valence electrons. The number of nitrogens with zero attached hydrogens (tertiary/aromatic N) is 1. The second kappa shape index (κ2) is 12.0. The van der Waals surface area contributed by atoms with E-state index >= 15 is 0 Å². The molecule has 13 heteroatoms. The average molecular weight is 688 g/mol. The number of benzene rings is 1. The smallest absolute Gasteiger partial charge is 0.338 e. The summed E-state index contributed by atoms with van der Waals surface area (Å²) in [7, 11) is 6.25. The molecule has 15 atom stereocenters. The SMILES string of the molecule is CCN1C[C@]2(COC)C(OC(C)=O)CC(OC)[C@@]34C5C[C@]6(O)C(OC)C(O)[C@@](OC(C)=O)(C5C6OC(=O)c5ccccc5)C(C(OC)C23)C14. The lowest BCUT2D eigenvalue weighted by atomic mass is 9.42. The molecule has 0 radical (unpaired) electrons. The van der Waals surface area contributed by atoms with Crippen molar-refractivity contribution >= 4 is 17.9 Å². The second-order valence-corrected chi connectivity index (χ2v) is 15.0. The minimum Gasteiger partial charge on any atom is -0.462 e. The van der Waals surface area contributed by atoms with E-state index in [1.807, 2.05) is 6.92 Å². The van der Waals surface area contributed by atoms with Crippen molar-refractivity contribution < 1.29 is 57.8 Å². The van der Waals surface area contributed by atoms with Crippen LogP contribution in [0.2, 0.25) is 0 Å². The van der Waals surface area contributed by atoms with Crippen LogP contribution in [0, 0.1) is 34.5 Å². The molecule has 5 aliphatic carbocycles. The van der Waals surface area contributed by atoms with E-state index in [4.69, 9.17) is 33.2 Å². The van der Waals surface area contributed by atoms with E-state index in [1.165, 1.54) is 21.0 Å². The molecule has 1 aliphatic heterocycles. The fraction of sp³-hybridized carbons (Fsp3) is 0.750. The van der Waals surface area contributed by atoms with Crippen LogP contribution in [0.5, 0.6) is 0 Å². The molecular weight excluding hydrogens is 638 g/mol. The number of carbonyl (C=O) groups is 3. The van der Waals surface area contributed by atoms with Gasteiger partial charge in [0.25, 0.3) is 0 Å². The number of aliphatic hydroxyl groups excluding tert-OH is 1. The molecule has 5 saturated carbocycles. The van der Waals surface area contributed by atoms with E-state index in [0.29, 0.717) is 19.5 Å². The first-order valence-corrected chi connectivity index (χ1v) is 17.2. The van der Waals surface area contributed by atoms with Crippen molar-refractivity contribution in [2.45, 2.75) is 87.5 Å². The Morgan fingerprint density at radius 1 is 0.918 bits per heavy atom. The third-order valence-electron chi connectivity index (χ3n) is 13.4. The quantitative estimate of drug-likeness (QED) is 0.267. The number of piperidine rings is 1. The minimum absolute atomic E-state index is 0.0534. The fourth-order valence-corrected chi connectivity index (χ4v) is 12.7. The highest BCUT2D eigenvalue weighted by Crippen LogP contribution is 2.80. The molecule has 49 heavy (non-hydrogen) atoms. The predicted molar refractivity (Wildman–Crippen MR) is 170 cm³/mol. The maximum Gasteiger partial charge on any atom is 0.338 e. The zero-order valence-electron chi connectivity index (χ0n) is 29.2. The van der Waals surface area contributed by atoms with Gasteiger partial charge >= 0.3 is 17.9 Å². The molecule has 1 aromatic rings. The fourth-order valence-electron chi connectivity index (χ4n) is 12.7. The number of carbonyl (C=O) groups excluding carboxylic acids is 3. The highest BCUT2D eigenvalue weighted by molar-refractivity contribution is 5.89. The van der Waals surface area contributed by atoms with Gasteiger partial charge < -0.3 is 43.4 Å². The molecule has 0 aromatic heterocycles. The minimum atomic E-state index is -1.86. The first kappa shape index (κ1) is 34.8. The molecule has 13 nitrogen and oxygen atoms in total. The zero-order chi connectivity index (χ0) is 35.3. The van der Waals surface area contributed by atoms with E-state index < -0.39 is 100 Å². The molecule has 7 bridgehead atoms. The van der Waals surface area contributed by atoms with Crippen LogP contribution in [-0.2, 0) is 42.7 Å². The van der Waals surface area contributed by atoms with Crippen LogP contribution in [0.15, 0.2) is 30.3 Å². The summed E-state index contributed by atoms with van der Waals surface area (Å²) >= 11 is 0. The Bertz CT molecular complexity index is 1480. The van der Waals surface area contributed by atoms with Crippen LogP contribution >= 0.6 is 0 Å². The number of aliphatic hydroxyl groups is 2. The van der Waals surface area contributed by atoms with Crippen molar-refractivity contribution in [1.82, 2.24) is 4.90 Å². The summed E-state index contributed by atoms with van der Waals surface area (Å²) < 4.78 is 43.9. The first-order chi connectivity index (χ1) is 23.4. The Hall–Kier alpha value is -2.65. The molecule has 0 amide bonds. The third-order valence-corrected chi connectivity index (χ3v) is 13.4. The molecule has 1 aromatic carbocycles. The Morgan fingerprint density at radius 2 is 1.63 bits per heavy atom. The Kier molecular flexibility index (Phi) is 8.49. The van der Waals surface area contributed by atoms with Gasteiger partial charge in [-0.2, -0.15) is 0 Å². The monoisotopic (exact) mass is 687 g/mol. The molecule has 11 unspecified atom stereocenters. The van der Waals surface area contributed by atoms with Crippen LogP contribution in [-0.4, -0.2) is 135 Å². The number of methoxy groups -OCH3 is 4. The maximum absolute atomic E-state index is 13.8. The standard InChI is InChI=1S/C36H49NO12/c1-8-37-16-33(17-43-4)22(47-18(2)38)14-23(44-5)35-21-15-34(42)30(48-32(41)20-12-10-9-11-13-20)24(21)36(49-19(3)39,29(40)31(34)46-7)25(28(35)37)26(45-6)27(33)35/h9-13,21-31,40,42H,8,14-17H2,1-7H3/t21?,22?,23?,24?,25?,26?,27?,28?,29?,30?,31?,33-,34+,35-,36+/m0/s1. The number of esters is 3. The van der Waals surface area contributed by atoms with Gasteiger partial charge in [0.15, 0.2) is 5.60 Å². The molecule has 6 fully saturated rings. The molecule has 2 N–H and O–H groups in total. The van der Waals surface area contributed by atoms with Gasteiger partial charge in [-0.1, -0.05) is 25.1 Å². The lowest BCUT2D eigenvalue weighted by Gasteiger charge is -2.70. The van der Waals surface area contributed by atoms with Crippen molar-refractivity contribution in [3.05, 3.63) is 35.9 Å². The van der Waals surface area contributed by atoms with Gasteiger partial charge in [0.05, 0.1) is 24.4 Å². The molecule has 1 saturated heterocycles. The predicted octanol–water partition coefficient (Wildman–Crippen LogP) is 1.22. The summed E-state index contributed by atoms with van der Waals surface area (Å²) in [6.45, 7) is 5.99. The van der Waals surface area contributed by atoms with Gasteiger partial charge in [-0.05, 0) is 31.0 Å². The van der Waals surface area contributed by atoms with Crippen molar-refractivity contribution in [2.75, 3.05) is 48.1 Å². The number of ether oxygens (including phenoxy) is 7. The van der Waals surface area contributed by atoms with Gasteiger partial charge in [0.2, 0.25) is 0 Å². The van der Waals surface area contributed by atoms with E-state index in [0.717, 1.165) is 0 Å². The maximum atomic E-state index is 13.8. The summed E-state index contributed by atoms with van der Waals surface area (Å²) in [5, 5.41) is 25.5. The normalized spacial score (nSPS) is 47.4. The Balaban J connectivity index is 1.53. The van der Waals surface area contributed by atoms with Crippen molar-refractivity contribution in [1.29, 1.82) is 0 Å². The van der Waals surface area contributed by atoms with E-state index in [-0.39, 0.29) is 24.6 Å². The summed E-state index contributed by atoms with van der Waals surface area (Å²) in [5.41, 5.74) is -4.92. The Labute approximate surface area is 286 Å². The Morgan fingerprint density at radius 3 is 2.20 bits per heavy atom. The van der Waals surface area contributed by atoms with Crippen LogP contribution in [0.4, 0.5) is 0 Å². The van der Waals surface area contributed by atoms with Crippen molar-refractivity contribution in [3.8, 4) is 0 Å². The number of rotatable bonds is 10. The van der Waals surface area contributed by atoms with Gasteiger partial charge in [0, 0.05) is 89.9 Å². The summed E-state index contributed by atoms with van der Waals surface area (Å²) in [5.74, 6) is -4.24. The molecule has 1 spiro atoms. The highest BCUT2D eigenvalue weighted by atomic mass is 16.6. The summed E-state index contributed by atoms with van der Waals surface area (Å²) in [6.07, 6.45) is -5.45. The van der Waals surface area contributed by atoms with E-state index in [1.54, 1.807) is 51.7 Å². The average Bonchev–Trinajstić information content (AvgIpc) is 3.44. The number of fused-ring (bicyclic) bond motifs is 2. The van der Waals surface area contributed by atoms with E-state index in [9.17, 15) is 24.6 Å². The van der Waals surface area contributed by atoms with Gasteiger partial charge in [-0.3, -0.25) is 14.5 Å². The lowest BCUT2D eigenvalue weighted by Crippen LogP contribution is -2.81. The second-order valence-electron chi connectivity index (χ2n) is 15.0. The topological polar surface area (TPSA) is 160 Å². The lowest BCUT2D eigenvalue weighted by molar-refractivity contribution is -0.322. The summed E-state index contributed by atoms with van der Waals surface area (Å²) in [6, 6.07) is 8.12. The number of likely N-dealkylation sites (tertiary alicyclic amines) is 1. The van der Waals surface area contributed by atoms with Crippen LogP contribution in [0.25, 0.3) is 0 Å². The van der Waals surface area contributed by atoms with Gasteiger partial charge in [-0.25, -0.2) is 4.79 Å². The van der Waals surface area contributed by atoms with Crippen molar-refractivity contribution in [2.24, 2.45) is 34.5 Å². The number of hydrogen-bond donors (Lipinski definition) is 2. The highest BCUT2D eigenvalue weighted by Gasteiger charge is 2.92. The molecule has 6 aliphatic rings. The van der Waals surface area contributed by atoms with Crippen LogP contribution < -0.4 is 0 Å².